The Labute approximate surface area is 164 Å². The van der Waals surface area contributed by atoms with Crippen LogP contribution in [-0.2, 0) is 15.8 Å². The van der Waals surface area contributed by atoms with Crippen LogP contribution in [0.2, 0.25) is 23.2 Å². The van der Waals surface area contributed by atoms with Gasteiger partial charge in [0.15, 0.2) is 0 Å². The molecule has 26 heavy (non-hydrogen) atoms. The van der Waals surface area contributed by atoms with Crippen molar-refractivity contribution in [1.82, 2.24) is 4.90 Å². The number of amides is 1. The number of hydrogen-bond acceptors (Lipinski definition) is 2. The third kappa shape index (κ3) is 4.71. The van der Waals surface area contributed by atoms with Gasteiger partial charge in [0.05, 0.1) is 11.3 Å². The van der Waals surface area contributed by atoms with Gasteiger partial charge in [0.25, 0.3) is 5.91 Å². The fraction of sp³-hybridized carbons (Fsp3) is 0.571. The molecule has 0 radical (unpaired) electrons. The summed E-state index contributed by atoms with van der Waals surface area (Å²) in [6, 6.07) is 7.70. The molecule has 0 N–H and O–H groups in total. The van der Waals surface area contributed by atoms with E-state index in [1.165, 1.54) is 0 Å². The van der Waals surface area contributed by atoms with E-state index >= 15 is 0 Å². The van der Waals surface area contributed by atoms with Crippen LogP contribution in [0.5, 0.6) is 0 Å². The molecule has 0 aromatic heterocycles. The van der Waals surface area contributed by atoms with E-state index in [1.807, 2.05) is 29.2 Å². The second-order valence-electron chi connectivity index (χ2n) is 9.59. The fourth-order valence-electron chi connectivity index (χ4n) is 2.44. The number of halogens is 1. The van der Waals surface area contributed by atoms with Crippen molar-refractivity contribution in [2.45, 2.75) is 78.2 Å². The van der Waals surface area contributed by atoms with Crippen LogP contribution in [-0.4, -0.2) is 24.7 Å². The lowest BCUT2D eigenvalue weighted by Crippen LogP contribution is -2.45. The molecule has 5 heteroatoms. The van der Waals surface area contributed by atoms with Gasteiger partial charge in [0.1, 0.15) is 0 Å². The highest BCUT2D eigenvalue weighted by atomic mass is 35.5. The molecule has 1 aliphatic carbocycles. The van der Waals surface area contributed by atoms with Crippen molar-refractivity contribution in [3.8, 4) is 0 Å². The summed E-state index contributed by atoms with van der Waals surface area (Å²) in [4.78, 5) is 15.1. The molecule has 1 aliphatic rings. The number of allylic oxidation sites excluding steroid dienone is 1. The first-order valence-electron chi connectivity index (χ1n) is 9.20. The van der Waals surface area contributed by atoms with Crippen molar-refractivity contribution in [3.05, 3.63) is 46.2 Å². The van der Waals surface area contributed by atoms with Crippen LogP contribution < -0.4 is 0 Å². The van der Waals surface area contributed by atoms with Gasteiger partial charge in [-0.3, -0.25) is 4.79 Å². The molecular formula is C21H32ClNO2Si. The van der Waals surface area contributed by atoms with Crippen LogP contribution in [0.1, 0.15) is 53.5 Å². The lowest BCUT2D eigenvalue weighted by Gasteiger charge is -2.36. The summed E-state index contributed by atoms with van der Waals surface area (Å²) in [6.07, 6.45) is 0.667. The van der Waals surface area contributed by atoms with Gasteiger partial charge in [-0.05, 0) is 50.5 Å². The predicted octanol–water partition coefficient (Wildman–Crippen LogP) is 6.15. The molecule has 0 bridgehead atoms. The Morgan fingerprint density at radius 1 is 1.15 bits per heavy atom. The average molecular weight is 394 g/mol. The quantitative estimate of drug-likeness (QED) is 0.561. The zero-order valence-corrected chi connectivity index (χ0v) is 19.1. The largest absolute Gasteiger partial charge is 0.546 e. The first-order valence-corrected chi connectivity index (χ1v) is 12.5. The topological polar surface area (TPSA) is 29.5 Å². The van der Waals surface area contributed by atoms with Crippen molar-refractivity contribution < 1.29 is 9.22 Å². The number of nitrogens with zero attached hydrogens (tertiary/aromatic N) is 1. The van der Waals surface area contributed by atoms with Gasteiger partial charge in [-0.1, -0.05) is 50.6 Å². The van der Waals surface area contributed by atoms with Gasteiger partial charge >= 0.3 is 0 Å². The van der Waals surface area contributed by atoms with Crippen LogP contribution in [0.15, 0.2) is 35.6 Å². The predicted molar refractivity (Wildman–Crippen MR) is 112 cm³/mol. The molecule has 2 rings (SSSR count). The van der Waals surface area contributed by atoms with E-state index in [2.05, 4.69) is 54.6 Å². The summed E-state index contributed by atoms with van der Waals surface area (Å²) in [7, 11) is -1.91. The third-order valence-corrected chi connectivity index (χ3v) is 10.1. The van der Waals surface area contributed by atoms with Gasteiger partial charge in [0.2, 0.25) is 8.32 Å². The molecule has 0 heterocycles. The third-order valence-electron chi connectivity index (χ3n) is 5.33. The summed E-state index contributed by atoms with van der Waals surface area (Å²) in [6.45, 7) is 17.7. The van der Waals surface area contributed by atoms with Gasteiger partial charge < -0.3 is 9.33 Å². The van der Waals surface area contributed by atoms with Crippen molar-refractivity contribution in [1.29, 1.82) is 0 Å². The van der Waals surface area contributed by atoms with E-state index < -0.39 is 8.32 Å². The highest BCUT2D eigenvalue weighted by Crippen LogP contribution is 2.44. The molecule has 0 fully saturated rings. The van der Waals surface area contributed by atoms with Crippen LogP contribution in [0.4, 0.5) is 0 Å². The van der Waals surface area contributed by atoms with Gasteiger partial charge in [-0.15, -0.1) is 0 Å². The maximum Gasteiger partial charge on any atom is 0.254 e. The zero-order chi connectivity index (χ0) is 19.9. The summed E-state index contributed by atoms with van der Waals surface area (Å²) in [5.41, 5.74) is 1.48. The molecule has 0 aliphatic heterocycles. The van der Waals surface area contributed by atoms with Crippen molar-refractivity contribution in [3.63, 3.8) is 0 Å². The Balaban J connectivity index is 2.22. The fourth-order valence-corrected chi connectivity index (χ4v) is 3.76. The van der Waals surface area contributed by atoms with Gasteiger partial charge in [-0.25, -0.2) is 0 Å². The number of hydrogen-bond donors (Lipinski definition) is 0. The Morgan fingerprint density at radius 2 is 1.73 bits per heavy atom. The maximum atomic E-state index is 13.2. The minimum Gasteiger partial charge on any atom is -0.546 e. The van der Waals surface area contributed by atoms with Gasteiger partial charge in [0, 0.05) is 23.5 Å². The molecule has 1 aromatic carbocycles. The average Bonchev–Trinajstić information content (AvgIpc) is 3.21. The second kappa shape index (κ2) is 7.04. The molecule has 0 unspecified atom stereocenters. The molecule has 1 aromatic rings. The summed E-state index contributed by atoms with van der Waals surface area (Å²) < 4.78 is 6.33. The highest BCUT2D eigenvalue weighted by Gasteiger charge is 2.44. The molecule has 144 valence electrons. The van der Waals surface area contributed by atoms with E-state index in [0.29, 0.717) is 18.0 Å². The Morgan fingerprint density at radius 3 is 2.23 bits per heavy atom. The Kier molecular flexibility index (Phi) is 5.70. The first kappa shape index (κ1) is 21.0. The summed E-state index contributed by atoms with van der Waals surface area (Å²) >= 11 is 6.32. The highest BCUT2D eigenvalue weighted by molar-refractivity contribution is 6.74. The van der Waals surface area contributed by atoms with E-state index in [-0.39, 0.29) is 16.5 Å². The van der Waals surface area contributed by atoms with Crippen LogP contribution in [0, 0.1) is 0 Å². The number of benzene rings is 1. The lowest BCUT2D eigenvalue weighted by molar-refractivity contribution is -0.132. The SMILES string of the molecule is CC(C)(C)N(Cc1ccccc1Cl)C(=O)C1=C(O[Si](C)(C)C(C)(C)C)C1. The lowest BCUT2D eigenvalue weighted by atomic mass is 10.0. The summed E-state index contributed by atoms with van der Waals surface area (Å²) in [5, 5.41) is 0.815. The molecule has 1 amide bonds. The van der Waals surface area contributed by atoms with E-state index in [9.17, 15) is 4.79 Å². The number of rotatable bonds is 5. The van der Waals surface area contributed by atoms with E-state index in [1.54, 1.807) is 0 Å². The molecule has 0 saturated carbocycles. The minimum atomic E-state index is -1.91. The maximum absolute atomic E-state index is 13.2. The molecule has 3 nitrogen and oxygen atoms in total. The van der Waals surface area contributed by atoms with E-state index in [4.69, 9.17) is 16.0 Å². The molecular weight excluding hydrogens is 362 g/mol. The van der Waals surface area contributed by atoms with Crippen molar-refractivity contribution in [2.24, 2.45) is 0 Å². The minimum absolute atomic E-state index is 0.0612. The normalized spacial score (nSPS) is 15.1. The van der Waals surface area contributed by atoms with Crippen molar-refractivity contribution in [2.75, 3.05) is 0 Å². The van der Waals surface area contributed by atoms with E-state index in [0.717, 1.165) is 16.9 Å². The smallest absolute Gasteiger partial charge is 0.254 e. The monoisotopic (exact) mass is 393 g/mol. The standard InChI is InChI=1S/C21H32ClNO2Si/c1-20(2,3)23(14-15-11-9-10-12-17(15)22)19(24)16-13-18(16)25-26(7,8)21(4,5)6/h9-12H,13-14H2,1-8H3. The second-order valence-corrected chi connectivity index (χ2v) is 14.7. The first-order chi connectivity index (χ1) is 11.7. The Hall–Kier alpha value is -1.26. The molecule has 0 spiro atoms. The van der Waals surface area contributed by atoms with Gasteiger partial charge in [-0.2, -0.15) is 0 Å². The van der Waals surface area contributed by atoms with Crippen molar-refractivity contribution >= 4 is 25.8 Å². The summed E-state index contributed by atoms with van der Waals surface area (Å²) in [5.74, 6) is 0.945. The molecule has 0 atom stereocenters. The number of carbonyl (C=O) groups is 1. The zero-order valence-electron chi connectivity index (χ0n) is 17.4. The Bertz CT molecular complexity index is 726. The molecule has 0 saturated heterocycles. The van der Waals surface area contributed by atoms with Crippen LogP contribution in [0.25, 0.3) is 0 Å². The van der Waals surface area contributed by atoms with Crippen LogP contribution in [0.3, 0.4) is 0 Å². The van der Waals surface area contributed by atoms with Crippen LogP contribution >= 0.6 is 11.6 Å². The number of carbonyl (C=O) groups excluding carboxylic acids is 1.